The lowest BCUT2D eigenvalue weighted by molar-refractivity contribution is -0.121. The molecule has 2 N–H and O–H groups in total. The van der Waals surface area contributed by atoms with Gasteiger partial charge in [0.1, 0.15) is 5.76 Å². The molecule has 2 amide bonds. The fourth-order valence-corrected chi connectivity index (χ4v) is 2.59. The molecule has 0 saturated carbocycles. The first-order valence-electron chi connectivity index (χ1n) is 7.24. The molecular formula is C17H16BrClN2O3. The van der Waals surface area contributed by atoms with E-state index in [1.54, 1.807) is 24.3 Å². The molecule has 0 aliphatic rings. The van der Waals surface area contributed by atoms with E-state index in [0.717, 1.165) is 10.0 Å². The summed E-state index contributed by atoms with van der Waals surface area (Å²) in [4.78, 5) is 23.4. The first-order chi connectivity index (χ1) is 11.5. The molecule has 0 fully saturated rings. The largest absolute Gasteiger partial charge is 0.465 e. The standard InChI is InChI=1S/C17H16BrClN2O3/c18-13-4-3-12(15(19)10-13)11-21-17(23)7-8-20-16(22)6-5-14-2-1-9-24-14/h1-6,9-10H,7-8,11H2,(H,20,22)(H,21,23)/b6-5+. The van der Waals surface area contributed by atoms with Crippen LogP contribution in [0, 0.1) is 0 Å². The van der Waals surface area contributed by atoms with E-state index >= 15 is 0 Å². The van der Waals surface area contributed by atoms with E-state index in [-0.39, 0.29) is 24.8 Å². The number of benzene rings is 1. The minimum atomic E-state index is -0.282. The highest BCUT2D eigenvalue weighted by atomic mass is 79.9. The maximum absolute atomic E-state index is 11.8. The monoisotopic (exact) mass is 410 g/mol. The van der Waals surface area contributed by atoms with Crippen LogP contribution in [0.15, 0.2) is 51.6 Å². The maximum atomic E-state index is 11.8. The number of nitrogens with one attached hydrogen (secondary N) is 2. The van der Waals surface area contributed by atoms with Crippen molar-refractivity contribution in [3.05, 3.63) is 63.5 Å². The predicted octanol–water partition coefficient (Wildman–Crippen LogP) is 3.53. The summed E-state index contributed by atoms with van der Waals surface area (Å²) < 4.78 is 5.96. The molecule has 0 unspecified atom stereocenters. The highest BCUT2D eigenvalue weighted by Crippen LogP contribution is 2.21. The van der Waals surface area contributed by atoms with E-state index in [1.165, 1.54) is 12.3 Å². The van der Waals surface area contributed by atoms with Crippen LogP contribution in [0.2, 0.25) is 5.02 Å². The molecule has 0 spiro atoms. The molecule has 0 bridgehead atoms. The molecule has 0 radical (unpaired) electrons. The van der Waals surface area contributed by atoms with Crippen molar-refractivity contribution in [3.8, 4) is 0 Å². The maximum Gasteiger partial charge on any atom is 0.244 e. The number of carbonyl (C=O) groups excluding carboxylic acids is 2. The SMILES string of the molecule is O=C(/C=C/c1ccco1)NCCC(=O)NCc1ccc(Br)cc1Cl. The highest BCUT2D eigenvalue weighted by Gasteiger charge is 2.05. The zero-order chi connectivity index (χ0) is 17.4. The van der Waals surface area contributed by atoms with Gasteiger partial charge in [-0.25, -0.2) is 0 Å². The number of furan rings is 1. The van der Waals surface area contributed by atoms with E-state index in [4.69, 9.17) is 16.0 Å². The van der Waals surface area contributed by atoms with E-state index in [9.17, 15) is 9.59 Å². The number of hydrogen-bond acceptors (Lipinski definition) is 3. The molecule has 1 aromatic carbocycles. The number of hydrogen-bond donors (Lipinski definition) is 2. The summed E-state index contributed by atoms with van der Waals surface area (Å²) in [7, 11) is 0. The zero-order valence-corrected chi connectivity index (χ0v) is 15.1. The second-order valence-electron chi connectivity index (χ2n) is 4.90. The zero-order valence-electron chi connectivity index (χ0n) is 12.7. The second-order valence-corrected chi connectivity index (χ2v) is 6.23. The van der Waals surface area contributed by atoms with Gasteiger partial charge in [0.05, 0.1) is 6.26 Å². The van der Waals surface area contributed by atoms with Gasteiger partial charge in [-0.1, -0.05) is 33.6 Å². The van der Waals surface area contributed by atoms with Crippen molar-refractivity contribution in [1.29, 1.82) is 0 Å². The molecule has 0 aliphatic heterocycles. The molecule has 1 heterocycles. The predicted molar refractivity (Wildman–Crippen MR) is 96.4 cm³/mol. The van der Waals surface area contributed by atoms with Gasteiger partial charge in [0.15, 0.2) is 0 Å². The molecule has 0 saturated heterocycles. The van der Waals surface area contributed by atoms with Gasteiger partial charge >= 0.3 is 0 Å². The third-order valence-corrected chi connectivity index (χ3v) is 3.93. The fraction of sp³-hybridized carbons (Fsp3) is 0.176. The molecule has 7 heteroatoms. The summed E-state index contributed by atoms with van der Waals surface area (Å²) in [6, 6.07) is 8.95. The normalized spacial score (nSPS) is 10.8. The summed E-state index contributed by atoms with van der Waals surface area (Å²) in [5, 5.41) is 5.98. The van der Waals surface area contributed by atoms with Crippen LogP contribution in [0.25, 0.3) is 6.08 Å². The quantitative estimate of drug-likeness (QED) is 0.685. The topological polar surface area (TPSA) is 71.3 Å². The van der Waals surface area contributed by atoms with Gasteiger partial charge < -0.3 is 15.1 Å². The van der Waals surface area contributed by atoms with Crippen LogP contribution in [-0.2, 0) is 16.1 Å². The summed E-state index contributed by atoms with van der Waals surface area (Å²) in [6.45, 7) is 0.596. The number of halogens is 2. The lowest BCUT2D eigenvalue weighted by Crippen LogP contribution is -2.29. The van der Waals surface area contributed by atoms with Crippen LogP contribution in [0.3, 0.4) is 0 Å². The number of carbonyl (C=O) groups is 2. The lowest BCUT2D eigenvalue weighted by Gasteiger charge is -2.07. The summed E-state index contributed by atoms with van der Waals surface area (Å²) >= 11 is 9.41. The van der Waals surface area contributed by atoms with Crippen molar-refractivity contribution in [2.24, 2.45) is 0 Å². The molecular weight excluding hydrogens is 396 g/mol. The van der Waals surface area contributed by atoms with Crippen molar-refractivity contribution >= 4 is 45.4 Å². The number of rotatable bonds is 7. The van der Waals surface area contributed by atoms with Crippen LogP contribution >= 0.6 is 27.5 Å². The van der Waals surface area contributed by atoms with E-state index in [1.807, 2.05) is 12.1 Å². The first-order valence-corrected chi connectivity index (χ1v) is 8.42. The molecule has 0 atom stereocenters. The molecule has 126 valence electrons. The van der Waals surface area contributed by atoms with Crippen molar-refractivity contribution in [1.82, 2.24) is 10.6 Å². The van der Waals surface area contributed by atoms with Gasteiger partial charge in [-0.05, 0) is 35.9 Å². The molecule has 2 rings (SSSR count). The molecule has 2 aromatic rings. The van der Waals surface area contributed by atoms with Gasteiger partial charge in [-0.2, -0.15) is 0 Å². The van der Waals surface area contributed by atoms with Crippen LogP contribution in [0.5, 0.6) is 0 Å². The van der Waals surface area contributed by atoms with Gasteiger partial charge in [0.2, 0.25) is 11.8 Å². The second kappa shape index (κ2) is 9.30. The Balaban J connectivity index is 1.67. The molecule has 1 aromatic heterocycles. The number of amides is 2. The third kappa shape index (κ3) is 6.22. The minimum absolute atomic E-state index is 0.163. The van der Waals surface area contributed by atoms with Crippen molar-refractivity contribution in [3.63, 3.8) is 0 Å². The third-order valence-electron chi connectivity index (χ3n) is 3.08. The average Bonchev–Trinajstić information content (AvgIpc) is 3.05. The Kier molecular flexibility index (Phi) is 7.08. The van der Waals surface area contributed by atoms with E-state index < -0.39 is 0 Å². The Hall–Kier alpha value is -2.05. The van der Waals surface area contributed by atoms with Crippen LogP contribution in [0.4, 0.5) is 0 Å². The summed E-state index contributed by atoms with van der Waals surface area (Å²) in [6.07, 6.45) is 4.64. The Labute approximate surface area is 153 Å². The summed E-state index contributed by atoms with van der Waals surface area (Å²) in [5.74, 6) is 0.147. The Morgan fingerprint density at radius 3 is 2.79 bits per heavy atom. The molecule has 0 aliphatic carbocycles. The van der Waals surface area contributed by atoms with Crippen LogP contribution < -0.4 is 10.6 Å². The van der Waals surface area contributed by atoms with Gasteiger partial charge in [-0.3, -0.25) is 9.59 Å². The van der Waals surface area contributed by atoms with Crippen molar-refractivity contribution in [2.45, 2.75) is 13.0 Å². The van der Waals surface area contributed by atoms with Crippen LogP contribution in [-0.4, -0.2) is 18.4 Å². The van der Waals surface area contributed by atoms with Gasteiger partial charge in [-0.15, -0.1) is 0 Å². The smallest absolute Gasteiger partial charge is 0.244 e. The van der Waals surface area contributed by atoms with Crippen LogP contribution in [0.1, 0.15) is 17.7 Å². The van der Waals surface area contributed by atoms with E-state index in [2.05, 4.69) is 26.6 Å². The minimum Gasteiger partial charge on any atom is -0.465 e. The highest BCUT2D eigenvalue weighted by molar-refractivity contribution is 9.10. The summed E-state index contributed by atoms with van der Waals surface area (Å²) in [5.41, 5.74) is 0.832. The lowest BCUT2D eigenvalue weighted by atomic mass is 10.2. The fourth-order valence-electron chi connectivity index (χ4n) is 1.85. The van der Waals surface area contributed by atoms with Crippen molar-refractivity contribution < 1.29 is 14.0 Å². The Bertz CT molecular complexity index is 729. The molecule has 24 heavy (non-hydrogen) atoms. The first kappa shape index (κ1) is 18.3. The Morgan fingerprint density at radius 2 is 2.08 bits per heavy atom. The average molecular weight is 412 g/mol. The molecule has 5 nitrogen and oxygen atoms in total. The van der Waals surface area contributed by atoms with Gasteiger partial charge in [0, 0.05) is 35.1 Å². The van der Waals surface area contributed by atoms with E-state index in [0.29, 0.717) is 17.3 Å². The van der Waals surface area contributed by atoms with Crippen molar-refractivity contribution in [2.75, 3.05) is 6.54 Å². The van der Waals surface area contributed by atoms with Gasteiger partial charge in [0.25, 0.3) is 0 Å². The Morgan fingerprint density at radius 1 is 1.25 bits per heavy atom.